The van der Waals surface area contributed by atoms with Crippen molar-refractivity contribution in [2.45, 2.75) is 12.8 Å². The van der Waals surface area contributed by atoms with Gasteiger partial charge in [0.2, 0.25) is 0 Å². The molecular formula is C8H7F2NO3S. The van der Waals surface area contributed by atoms with Crippen LogP contribution in [0.2, 0.25) is 0 Å². The molecular weight excluding hydrogens is 228 g/mol. The predicted molar refractivity (Wildman–Crippen MR) is 50.5 cm³/mol. The zero-order valence-corrected chi connectivity index (χ0v) is 8.40. The van der Waals surface area contributed by atoms with E-state index in [4.69, 9.17) is 5.11 Å². The number of amides is 1. The van der Waals surface area contributed by atoms with Crippen LogP contribution in [0.5, 0.6) is 0 Å². The Bertz CT molecular complexity index is 397. The highest BCUT2D eigenvalue weighted by Gasteiger charge is 2.32. The van der Waals surface area contributed by atoms with Gasteiger partial charge in [-0.25, -0.2) is 4.79 Å². The normalized spacial score (nSPS) is 11.1. The summed E-state index contributed by atoms with van der Waals surface area (Å²) in [4.78, 5) is 21.2. The number of hydrogen-bond donors (Lipinski definition) is 2. The quantitative estimate of drug-likeness (QED) is 0.842. The van der Waals surface area contributed by atoms with E-state index in [1.54, 1.807) is 0 Å². The number of nitrogens with one attached hydrogen (secondary N) is 1. The van der Waals surface area contributed by atoms with Gasteiger partial charge in [0, 0.05) is 6.92 Å². The van der Waals surface area contributed by atoms with Crippen molar-refractivity contribution < 1.29 is 23.5 Å². The first kappa shape index (κ1) is 11.6. The van der Waals surface area contributed by atoms with Gasteiger partial charge in [-0.15, -0.1) is 11.3 Å². The van der Waals surface area contributed by atoms with E-state index >= 15 is 0 Å². The van der Waals surface area contributed by atoms with Crippen molar-refractivity contribution in [1.29, 1.82) is 0 Å². The van der Waals surface area contributed by atoms with Crippen molar-refractivity contribution in [3.63, 3.8) is 0 Å². The first-order chi connectivity index (χ1) is 6.80. The van der Waals surface area contributed by atoms with Gasteiger partial charge < -0.3 is 10.4 Å². The molecule has 4 nitrogen and oxygen atoms in total. The summed E-state index contributed by atoms with van der Waals surface area (Å²) < 4.78 is 24.9. The van der Waals surface area contributed by atoms with E-state index in [1.807, 2.05) is 5.32 Å². The first-order valence-electron chi connectivity index (χ1n) is 3.83. The second-order valence-corrected chi connectivity index (χ2v) is 3.90. The molecule has 2 N–H and O–H groups in total. The molecule has 0 atom stereocenters. The highest BCUT2D eigenvalue weighted by molar-refractivity contribution is 7.18. The number of aromatic carboxylic acids is 1. The van der Waals surface area contributed by atoms with Crippen LogP contribution in [0.25, 0.3) is 0 Å². The summed E-state index contributed by atoms with van der Waals surface area (Å²) in [6, 6.07) is 2.49. The van der Waals surface area contributed by atoms with Crippen LogP contribution in [0, 0.1) is 0 Å². The largest absolute Gasteiger partial charge is 0.477 e. The summed E-state index contributed by atoms with van der Waals surface area (Å²) in [5.41, 5.74) is 0. The van der Waals surface area contributed by atoms with E-state index in [-0.39, 0.29) is 9.88 Å². The highest BCUT2D eigenvalue weighted by Crippen LogP contribution is 2.23. The molecule has 0 aliphatic carbocycles. The van der Waals surface area contributed by atoms with Crippen molar-refractivity contribution in [1.82, 2.24) is 0 Å². The van der Waals surface area contributed by atoms with E-state index in [0.29, 0.717) is 6.92 Å². The fraction of sp³-hybridized carbons (Fsp3) is 0.250. The molecule has 82 valence electrons. The first-order valence-corrected chi connectivity index (χ1v) is 4.65. The fourth-order valence-electron chi connectivity index (χ4n) is 0.742. The minimum atomic E-state index is -3.48. The van der Waals surface area contributed by atoms with E-state index < -0.39 is 17.8 Å². The number of alkyl halides is 2. The maximum atomic E-state index is 12.4. The van der Waals surface area contributed by atoms with Gasteiger partial charge in [-0.05, 0) is 12.1 Å². The number of carbonyl (C=O) groups excluding carboxylic acids is 1. The molecule has 15 heavy (non-hydrogen) atoms. The fourth-order valence-corrected chi connectivity index (χ4v) is 1.48. The number of carbonyl (C=O) groups is 2. The molecule has 0 unspecified atom stereocenters. The molecule has 0 saturated heterocycles. The monoisotopic (exact) mass is 235 g/mol. The van der Waals surface area contributed by atoms with Crippen LogP contribution >= 0.6 is 11.3 Å². The van der Waals surface area contributed by atoms with Crippen molar-refractivity contribution in [2.75, 3.05) is 5.32 Å². The molecule has 7 heteroatoms. The smallest absolute Gasteiger partial charge is 0.345 e. The molecule has 0 aliphatic heterocycles. The van der Waals surface area contributed by atoms with Gasteiger partial charge in [-0.1, -0.05) is 0 Å². The van der Waals surface area contributed by atoms with Crippen molar-refractivity contribution in [2.24, 2.45) is 0 Å². The lowest BCUT2D eigenvalue weighted by Crippen LogP contribution is -2.30. The van der Waals surface area contributed by atoms with E-state index in [2.05, 4.69) is 0 Å². The van der Waals surface area contributed by atoms with Gasteiger partial charge in [-0.2, -0.15) is 8.78 Å². The van der Waals surface area contributed by atoms with Crippen LogP contribution in [-0.2, 0) is 4.79 Å². The molecule has 0 bridgehead atoms. The summed E-state index contributed by atoms with van der Waals surface area (Å²) in [5, 5.41) is 10.5. The molecule has 1 heterocycles. The zero-order chi connectivity index (χ0) is 11.6. The summed E-state index contributed by atoms with van der Waals surface area (Å²) in [7, 11) is 0. The number of hydrogen-bond acceptors (Lipinski definition) is 3. The van der Waals surface area contributed by atoms with Crippen molar-refractivity contribution >= 4 is 28.2 Å². The Morgan fingerprint density at radius 2 is 2.07 bits per heavy atom. The third kappa shape index (κ3) is 2.98. The standard InChI is InChI=1S/C8H7F2NO3S/c1-8(9,10)7(14)11-5-3-2-4(15-5)6(12)13/h2-3H,1H3,(H,11,14)(H,12,13). The molecule has 0 fully saturated rings. The molecule has 1 aromatic heterocycles. The maximum absolute atomic E-state index is 12.4. The van der Waals surface area contributed by atoms with E-state index in [1.165, 1.54) is 12.1 Å². The molecule has 1 rings (SSSR count). The lowest BCUT2D eigenvalue weighted by molar-refractivity contribution is -0.137. The molecule has 0 spiro atoms. The van der Waals surface area contributed by atoms with E-state index in [9.17, 15) is 18.4 Å². The van der Waals surface area contributed by atoms with Crippen LogP contribution in [0.15, 0.2) is 12.1 Å². The number of rotatable bonds is 3. The topological polar surface area (TPSA) is 66.4 Å². The number of carboxylic acids is 1. The SMILES string of the molecule is CC(F)(F)C(=O)Nc1ccc(C(=O)O)s1. The lowest BCUT2D eigenvalue weighted by atomic mass is 10.3. The van der Waals surface area contributed by atoms with Gasteiger partial charge in [0.1, 0.15) is 4.88 Å². The average Bonchev–Trinajstić information content (AvgIpc) is 2.50. The minimum Gasteiger partial charge on any atom is -0.477 e. The molecule has 1 aromatic rings. The average molecular weight is 235 g/mol. The van der Waals surface area contributed by atoms with Crippen LogP contribution in [0.3, 0.4) is 0 Å². The van der Waals surface area contributed by atoms with Crippen LogP contribution in [-0.4, -0.2) is 22.9 Å². The summed E-state index contributed by atoms with van der Waals surface area (Å²) >= 11 is 0.721. The Morgan fingerprint density at radius 3 is 2.47 bits per heavy atom. The maximum Gasteiger partial charge on any atom is 0.345 e. The summed E-state index contributed by atoms with van der Waals surface area (Å²) in [6.07, 6.45) is 0. The molecule has 0 radical (unpaired) electrons. The van der Waals surface area contributed by atoms with E-state index in [0.717, 1.165) is 11.3 Å². The number of carboxylic acid groups (broad SMARTS) is 1. The lowest BCUT2D eigenvalue weighted by Gasteiger charge is -2.08. The number of thiophene rings is 1. The molecule has 0 aliphatic rings. The minimum absolute atomic E-state index is 0.0234. The van der Waals surface area contributed by atoms with Crippen molar-refractivity contribution in [3.05, 3.63) is 17.0 Å². The molecule has 0 aromatic carbocycles. The summed E-state index contributed by atoms with van der Waals surface area (Å²) in [5.74, 6) is -6.10. The van der Waals surface area contributed by atoms with Gasteiger partial charge >= 0.3 is 11.9 Å². The van der Waals surface area contributed by atoms with Gasteiger partial charge in [0.15, 0.2) is 0 Å². The zero-order valence-electron chi connectivity index (χ0n) is 7.58. The third-order valence-corrected chi connectivity index (χ3v) is 2.44. The van der Waals surface area contributed by atoms with Crippen LogP contribution in [0.4, 0.5) is 13.8 Å². The second kappa shape index (κ2) is 3.93. The van der Waals surface area contributed by atoms with Gasteiger partial charge in [0.05, 0.1) is 5.00 Å². The number of anilines is 1. The van der Waals surface area contributed by atoms with Gasteiger partial charge in [-0.3, -0.25) is 4.79 Å². The predicted octanol–water partition coefficient (Wildman–Crippen LogP) is 2.04. The second-order valence-electron chi connectivity index (χ2n) is 2.81. The Morgan fingerprint density at radius 1 is 1.47 bits per heavy atom. The molecule has 1 amide bonds. The highest BCUT2D eigenvalue weighted by atomic mass is 32.1. The van der Waals surface area contributed by atoms with Crippen LogP contribution in [0.1, 0.15) is 16.6 Å². The van der Waals surface area contributed by atoms with Crippen LogP contribution < -0.4 is 5.32 Å². The van der Waals surface area contributed by atoms with Gasteiger partial charge in [0.25, 0.3) is 5.91 Å². The summed E-state index contributed by atoms with van der Waals surface area (Å²) in [6.45, 7) is 0.466. The Hall–Kier alpha value is -1.50. The Balaban J connectivity index is 2.74. The Labute approximate surface area is 87.5 Å². The van der Waals surface area contributed by atoms with Crippen molar-refractivity contribution in [3.8, 4) is 0 Å². The third-order valence-electron chi connectivity index (χ3n) is 1.45. The Kier molecular flexibility index (Phi) is 3.04. The molecule has 0 saturated carbocycles. The number of halogens is 2.